The van der Waals surface area contributed by atoms with Gasteiger partial charge in [0, 0.05) is 0 Å². The van der Waals surface area contributed by atoms with Crippen LogP contribution in [0.4, 0.5) is 0 Å². The zero-order chi connectivity index (χ0) is 7.70. The minimum absolute atomic E-state index is 0.929. The molecular weight excluding hydrogens is 221 g/mol. The molecule has 9 heavy (non-hydrogen) atoms. The Labute approximate surface area is 72.2 Å². The molecule has 2 nitrogen and oxygen atoms in total. The molecule has 0 aliphatic carbocycles. The van der Waals surface area contributed by atoms with Crippen molar-refractivity contribution in [3.8, 4) is 0 Å². The molecule has 0 bridgehead atoms. The molecular formula is C6H16NOSn+. The average molecular weight is 237 g/mol. The molecule has 0 heterocycles. The first kappa shape index (κ1) is 12.4. The maximum atomic E-state index is 4.78. The zero-order valence-electron chi connectivity index (χ0n) is 6.77. The summed E-state index contributed by atoms with van der Waals surface area (Å²) < 4.78 is 4.78. The molecule has 0 spiro atoms. The standard InChI is InChI=1S/C3H9N.C3H7O.Sn/c1-4(2)3;1-2-3-4;/h1-3H3;2-3H2,1H3;/q;-1;+2. The Morgan fingerprint density at radius 3 is 1.67 bits per heavy atom. The first-order chi connectivity index (χ1) is 4.15. The molecule has 0 atom stereocenters. The van der Waals surface area contributed by atoms with E-state index in [1.54, 1.807) is 0 Å². The van der Waals surface area contributed by atoms with Crippen molar-refractivity contribution in [2.24, 2.45) is 0 Å². The van der Waals surface area contributed by atoms with Crippen molar-refractivity contribution in [3.05, 3.63) is 0 Å². The molecule has 0 N–H and O–H groups in total. The SMILES string of the molecule is CCC[O][Sn+].CN(C)C. The van der Waals surface area contributed by atoms with Crippen LogP contribution in [0, 0.1) is 0 Å². The molecule has 54 valence electrons. The van der Waals surface area contributed by atoms with Gasteiger partial charge in [-0.25, -0.2) is 0 Å². The van der Waals surface area contributed by atoms with Crippen LogP contribution < -0.4 is 0 Å². The summed E-state index contributed by atoms with van der Waals surface area (Å²) in [7, 11) is 6.00. The summed E-state index contributed by atoms with van der Waals surface area (Å²) in [6.07, 6.45) is 1.14. The van der Waals surface area contributed by atoms with Gasteiger partial charge in [0.1, 0.15) is 0 Å². The van der Waals surface area contributed by atoms with Gasteiger partial charge >= 0.3 is 46.0 Å². The van der Waals surface area contributed by atoms with Crippen molar-refractivity contribution < 1.29 is 3.07 Å². The van der Waals surface area contributed by atoms with E-state index in [9.17, 15) is 0 Å². The molecule has 0 saturated heterocycles. The van der Waals surface area contributed by atoms with Crippen LogP contribution in [0.15, 0.2) is 0 Å². The second kappa shape index (κ2) is 11.5. The van der Waals surface area contributed by atoms with E-state index in [1.807, 2.05) is 26.0 Å². The van der Waals surface area contributed by atoms with Crippen molar-refractivity contribution >= 4 is 22.9 Å². The molecule has 0 aliphatic heterocycles. The topological polar surface area (TPSA) is 12.5 Å². The zero-order valence-corrected chi connectivity index (χ0v) is 9.62. The van der Waals surface area contributed by atoms with Crippen molar-refractivity contribution in [2.75, 3.05) is 27.7 Å². The van der Waals surface area contributed by atoms with Crippen LogP contribution in [0.3, 0.4) is 0 Å². The molecule has 0 amide bonds. The Bertz CT molecular complexity index is 37.3. The fraction of sp³-hybridized carbons (Fsp3) is 1.00. The Hall–Kier alpha value is 0.719. The maximum Gasteiger partial charge on any atom is -0.0140 e. The van der Waals surface area contributed by atoms with Crippen molar-refractivity contribution in [2.45, 2.75) is 13.3 Å². The summed E-state index contributed by atoms with van der Waals surface area (Å²) in [6.45, 7) is 3.03. The summed E-state index contributed by atoms with van der Waals surface area (Å²) >= 11 is 1.18. The molecule has 2 radical (unpaired) electrons. The third kappa shape index (κ3) is 53.2. The van der Waals surface area contributed by atoms with E-state index in [1.165, 1.54) is 22.9 Å². The van der Waals surface area contributed by atoms with Gasteiger partial charge in [0.2, 0.25) is 0 Å². The van der Waals surface area contributed by atoms with Crippen LogP contribution in [-0.4, -0.2) is 55.6 Å². The van der Waals surface area contributed by atoms with Crippen LogP contribution in [0.25, 0.3) is 0 Å². The van der Waals surface area contributed by atoms with Gasteiger partial charge in [0.15, 0.2) is 0 Å². The maximum absolute atomic E-state index is 4.78. The number of rotatable bonds is 2. The van der Waals surface area contributed by atoms with Gasteiger partial charge in [-0.05, 0) is 21.1 Å². The normalized spacial score (nSPS) is 8.56. The van der Waals surface area contributed by atoms with Gasteiger partial charge < -0.3 is 4.90 Å². The Morgan fingerprint density at radius 2 is 1.67 bits per heavy atom. The van der Waals surface area contributed by atoms with E-state index in [2.05, 4.69) is 6.92 Å². The first-order valence-electron chi connectivity index (χ1n) is 3.04. The molecule has 0 aromatic rings. The predicted molar refractivity (Wildman–Crippen MR) is 41.6 cm³/mol. The van der Waals surface area contributed by atoms with E-state index >= 15 is 0 Å². The quantitative estimate of drug-likeness (QED) is 0.654. The Balaban J connectivity index is 0. The van der Waals surface area contributed by atoms with Crippen molar-refractivity contribution in [3.63, 3.8) is 0 Å². The molecule has 0 fully saturated rings. The minimum atomic E-state index is 0.929. The van der Waals surface area contributed by atoms with E-state index in [-0.39, 0.29) is 0 Å². The van der Waals surface area contributed by atoms with Crippen molar-refractivity contribution in [1.82, 2.24) is 4.90 Å². The molecule has 0 unspecified atom stereocenters. The van der Waals surface area contributed by atoms with Gasteiger partial charge in [-0.1, -0.05) is 0 Å². The molecule has 0 rings (SSSR count). The minimum Gasteiger partial charge on any atom is -0.312 e. The smallest absolute Gasteiger partial charge is 0.0140 e. The summed E-state index contributed by atoms with van der Waals surface area (Å²) in [6, 6.07) is 0. The van der Waals surface area contributed by atoms with E-state index < -0.39 is 0 Å². The second-order valence-electron chi connectivity index (χ2n) is 2.19. The third-order valence-corrected chi connectivity index (χ3v) is 0.889. The average Bonchev–Trinajstić information content (AvgIpc) is 1.66. The van der Waals surface area contributed by atoms with E-state index in [0.29, 0.717) is 0 Å². The third-order valence-electron chi connectivity index (χ3n) is 0.306. The number of hydrogen-bond donors (Lipinski definition) is 0. The number of hydrogen-bond acceptors (Lipinski definition) is 2. The van der Waals surface area contributed by atoms with Crippen LogP contribution in [-0.2, 0) is 3.07 Å². The van der Waals surface area contributed by atoms with Crippen LogP contribution >= 0.6 is 0 Å². The summed E-state index contributed by atoms with van der Waals surface area (Å²) in [4.78, 5) is 2.00. The van der Waals surface area contributed by atoms with E-state index in [4.69, 9.17) is 3.07 Å². The van der Waals surface area contributed by atoms with Crippen molar-refractivity contribution in [1.29, 1.82) is 0 Å². The second-order valence-corrected chi connectivity index (χ2v) is 3.01. The molecule has 0 saturated carbocycles. The largest absolute Gasteiger partial charge is 0.312 e. The van der Waals surface area contributed by atoms with Gasteiger partial charge in [-0.3, -0.25) is 0 Å². The molecule has 0 aliphatic rings. The Morgan fingerprint density at radius 1 is 1.33 bits per heavy atom. The molecule has 0 aromatic heterocycles. The fourth-order valence-corrected chi connectivity index (χ4v) is 0.685. The van der Waals surface area contributed by atoms with Crippen LogP contribution in [0.5, 0.6) is 0 Å². The summed E-state index contributed by atoms with van der Waals surface area (Å²) in [5, 5.41) is 0. The first-order valence-corrected chi connectivity index (χ1v) is 4.21. The summed E-state index contributed by atoms with van der Waals surface area (Å²) in [5.74, 6) is 0. The van der Waals surface area contributed by atoms with Gasteiger partial charge in [-0.15, -0.1) is 0 Å². The molecule has 3 heteroatoms. The van der Waals surface area contributed by atoms with Gasteiger partial charge in [-0.2, -0.15) is 0 Å². The van der Waals surface area contributed by atoms with Crippen LogP contribution in [0.2, 0.25) is 0 Å². The van der Waals surface area contributed by atoms with Gasteiger partial charge in [0.25, 0.3) is 0 Å². The van der Waals surface area contributed by atoms with Crippen LogP contribution in [0.1, 0.15) is 13.3 Å². The van der Waals surface area contributed by atoms with E-state index in [0.717, 1.165) is 13.0 Å². The summed E-state index contributed by atoms with van der Waals surface area (Å²) in [5.41, 5.74) is 0. The molecule has 0 aromatic carbocycles. The van der Waals surface area contributed by atoms with Gasteiger partial charge in [0.05, 0.1) is 0 Å². The fourth-order valence-electron chi connectivity index (χ4n) is 0.102. The Kier molecular flexibility index (Phi) is 15.9. The predicted octanol–water partition coefficient (Wildman–Crippen LogP) is 0.674. The number of nitrogens with zero attached hydrogens (tertiary/aromatic N) is 1. The monoisotopic (exact) mass is 238 g/mol.